The van der Waals surface area contributed by atoms with Crippen molar-refractivity contribution >= 4 is 34.3 Å². The lowest BCUT2D eigenvalue weighted by Crippen LogP contribution is -2.32. The molecule has 146 valence electrons. The summed E-state index contributed by atoms with van der Waals surface area (Å²) in [6, 6.07) is 14.9. The molecule has 0 aliphatic carbocycles. The number of nitrogens with zero attached hydrogens (tertiary/aromatic N) is 2. The van der Waals surface area contributed by atoms with Gasteiger partial charge < -0.3 is 9.30 Å². The van der Waals surface area contributed by atoms with Crippen LogP contribution in [-0.4, -0.2) is 30.2 Å². The zero-order chi connectivity index (χ0) is 19.8. The van der Waals surface area contributed by atoms with Crippen LogP contribution in [0.5, 0.6) is 5.75 Å². The zero-order valence-electron chi connectivity index (χ0n) is 17.0. The van der Waals surface area contributed by atoms with Crippen LogP contribution in [-0.2, 0) is 6.42 Å². The summed E-state index contributed by atoms with van der Waals surface area (Å²) in [5, 5.41) is 2.09. The molecule has 1 atom stereocenters. The highest BCUT2D eigenvalue weighted by Crippen LogP contribution is 2.39. The van der Waals surface area contributed by atoms with Crippen molar-refractivity contribution in [3.63, 3.8) is 0 Å². The van der Waals surface area contributed by atoms with E-state index in [4.69, 9.17) is 16.3 Å². The van der Waals surface area contributed by atoms with Crippen LogP contribution < -0.4 is 4.74 Å². The number of hydrogen-bond acceptors (Lipinski definition) is 2. The van der Waals surface area contributed by atoms with E-state index in [9.17, 15) is 0 Å². The van der Waals surface area contributed by atoms with Gasteiger partial charge in [0, 0.05) is 28.8 Å². The minimum Gasteiger partial charge on any atom is -0.497 e. The number of likely N-dealkylation sites (N-methyl/N-ethyl adjacent to an activating group) is 1. The highest BCUT2D eigenvalue weighted by molar-refractivity contribution is 6.31. The summed E-state index contributed by atoms with van der Waals surface area (Å²) in [7, 11) is 3.93. The number of benzene rings is 2. The Hall–Kier alpha value is -2.23. The van der Waals surface area contributed by atoms with Gasteiger partial charge in [0.05, 0.1) is 18.7 Å². The molecule has 2 aromatic carbocycles. The highest BCUT2D eigenvalue weighted by Gasteiger charge is 2.29. The van der Waals surface area contributed by atoms with Crippen molar-refractivity contribution in [1.29, 1.82) is 0 Å². The van der Waals surface area contributed by atoms with Crippen LogP contribution in [0, 0.1) is 0 Å². The van der Waals surface area contributed by atoms with Gasteiger partial charge in [0.1, 0.15) is 5.75 Å². The number of ether oxygens (including phenoxy) is 1. The number of methoxy groups -OCH3 is 1. The van der Waals surface area contributed by atoms with E-state index in [0.29, 0.717) is 6.04 Å². The van der Waals surface area contributed by atoms with E-state index in [1.54, 1.807) is 7.11 Å². The fourth-order valence-electron chi connectivity index (χ4n) is 4.42. The van der Waals surface area contributed by atoms with Gasteiger partial charge >= 0.3 is 0 Å². The van der Waals surface area contributed by atoms with Crippen LogP contribution in [0.1, 0.15) is 43.1 Å². The van der Waals surface area contributed by atoms with E-state index in [1.165, 1.54) is 33.3 Å². The molecule has 0 radical (unpaired) electrons. The van der Waals surface area contributed by atoms with Crippen LogP contribution in [0.4, 0.5) is 0 Å². The first-order valence-electron chi connectivity index (χ1n) is 9.88. The number of rotatable bonds is 4. The second-order valence-electron chi connectivity index (χ2n) is 7.59. The van der Waals surface area contributed by atoms with Crippen LogP contribution >= 0.6 is 11.6 Å². The molecule has 0 saturated carbocycles. The topological polar surface area (TPSA) is 17.4 Å². The lowest BCUT2D eigenvalue weighted by Gasteiger charge is -2.33. The Balaban J connectivity index is 1.91. The molecule has 0 fully saturated rings. The third kappa shape index (κ3) is 3.23. The summed E-state index contributed by atoms with van der Waals surface area (Å²) in [5.41, 5.74) is 6.50. The number of hydrogen-bond donors (Lipinski definition) is 0. The second-order valence-corrected chi connectivity index (χ2v) is 8.03. The van der Waals surface area contributed by atoms with Crippen molar-refractivity contribution < 1.29 is 4.74 Å². The lowest BCUT2D eigenvalue weighted by molar-refractivity contribution is 0.220. The number of aromatic nitrogens is 1. The van der Waals surface area contributed by atoms with Gasteiger partial charge in [-0.05, 0) is 73.8 Å². The third-order valence-electron chi connectivity index (χ3n) is 5.93. The van der Waals surface area contributed by atoms with Crippen LogP contribution in [0.25, 0.3) is 22.7 Å². The number of fused-ring (bicyclic) bond motifs is 3. The Bertz CT molecular complexity index is 1030. The molecule has 0 bridgehead atoms. The molecule has 1 aliphatic heterocycles. The van der Waals surface area contributed by atoms with Crippen molar-refractivity contribution in [3.8, 4) is 5.75 Å². The number of allylic oxidation sites excluding steroid dienone is 1. The van der Waals surface area contributed by atoms with Gasteiger partial charge in [0.2, 0.25) is 0 Å². The van der Waals surface area contributed by atoms with Gasteiger partial charge in [-0.1, -0.05) is 30.7 Å². The van der Waals surface area contributed by atoms with Crippen molar-refractivity contribution in [2.24, 2.45) is 0 Å². The van der Waals surface area contributed by atoms with E-state index >= 15 is 0 Å². The van der Waals surface area contributed by atoms with Crippen LogP contribution in [0.15, 0.2) is 42.5 Å². The van der Waals surface area contributed by atoms with E-state index in [0.717, 1.165) is 30.2 Å². The first kappa shape index (κ1) is 19.1. The maximum Gasteiger partial charge on any atom is 0.118 e. The molecule has 4 rings (SSSR count). The Labute approximate surface area is 172 Å². The molecule has 0 N–H and O–H groups in total. The number of halogens is 1. The van der Waals surface area contributed by atoms with Crippen LogP contribution in [0.3, 0.4) is 0 Å². The first-order chi connectivity index (χ1) is 13.5. The average Bonchev–Trinajstić information content (AvgIpc) is 3.01. The fourth-order valence-corrected chi connectivity index (χ4v) is 4.59. The van der Waals surface area contributed by atoms with E-state index < -0.39 is 0 Å². The molecule has 0 saturated heterocycles. The van der Waals surface area contributed by atoms with Crippen molar-refractivity contribution in [3.05, 3.63) is 64.3 Å². The fraction of sp³-hybridized carbons (Fsp3) is 0.333. The van der Waals surface area contributed by atoms with Crippen molar-refractivity contribution in [1.82, 2.24) is 9.47 Å². The quantitative estimate of drug-likeness (QED) is 0.519. The minimum absolute atomic E-state index is 0.412. The molecule has 4 heteroatoms. The molecule has 1 aliphatic rings. The van der Waals surface area contributed by atoms with Crippen molar-refractivity contribution in [2.75, 3.05) is 20.7 Å². The van der Waals surface area contributed by atoms with E-state index in [2.05, 4.69) is 60.8 Å². The molecular formula is C24H27ClN2O. The summed E-state index contributed by atoms with van der Waals surface area (Å²) >= 11 is 6.35. The van der Waals surface area contributed by atoms with Gasteiger partial charge in [-0.25, -0.2) is 0 Å². The van der Waals surface area contributed by atoms with Crippen molar-refractivity contribution in [2.45, 2.75) is 32.7 Å². The van der Waals surface area contributed by atoms with Gasteiger partial charge in [-0.15, -0.1) is 0 Å². The van der Waals surface area contributed by atoms with E-state index in [1.807, 2.05) is 18.2 Å². The zero-order valence-corrected chi connectivity index (χ0v) is 17.8. The highest BCUT2D eigenvalue weighted by atomic mass is 35.5. The van der Waals surface area contributed by atoms with Gasteiger partial charge in [-0.2, -0.15) is 0 Å². The Morgan fingerprint density at radius 1 is 1.21 bits per heavy atom. The summed E-state index contributed by atoms with van der Waals surface area (Å²) in [6.07, 6.45) is 4.42. The predicted octanol–water partition coefficient (Wildman–Crippen LogP) is 6.26. The Kier molecular flexibility index (Phi) is 5.22. The van der Waals surface area contributed by atoms with Gasteiger partial charge in [-0.3, -0.25) is 4.90 Å². The maximum absolute atomic E-state index is 6.35. The molecule has 2 heterocycles. The second kappa shape index (κ2) is 7.65. The summed E-state index contributed by atoms with van der Waals surface area (Å²) in [4.78, 5) is 2.47. The monoisotopic (exact) mass is 394 g/mol. The summed E-state index contributed by atoms with van der Waals surface area (Å²) in [5.74, 6) is 0.877. The largest absolute Gasteiger partial charge is 0.497 e. The van der Waals surface area contributed by atoms with Gasteiger partial charge in [0.25, 0.3) is 0 Å². The normalized spacial score (nSPS) is 17.8. The first-order valence-corrected chi connectivity index (χ1v) is 10.3. The standard InChI is InChI=1S/C24H27ClN2O/c1-5-22-24-20(12-13-26(22)3)21-14-18(25)8-11-23(21)27(24)15-16(2)17-6-9-19(28-4)10-7-17/h6-11,14-15,22H,5,12-13H2,1-4H3/b16-15+. The predicted molar refractivity (Wildman–Crippen MR) is 119 cm³/mol. The molecular weight excluding hydrogens is 368 g/mol. The summed E-state index contributed by atoms with van der Waals surface area (Å²) < 4.78 is 7.69. The minimum atomic E-state index is 0.412. The Morgan fingerprint density at radius 2 is 1.96 bits per heavy atom. The smallest absolute Gasteiger partial charge is 0.118 e. The molecule has 1 unspecified atom stereocenters. The average molecular weight is 395 g/mol. The summed E-state index contributed by atoms with van der Waals surface area (Å²) in [6.45, 7) is 5.52. The third-order valence-corrected chi connectivity index (χ3v) is 6.16. The molecule has 1 aromatic heterocycles. The van der Waals surface area contributed by atoms with Gasteiger partial charge in [0.15, 0.2) is 0 Å². The molecule has 0 spiro atoms. The lowest BCUT2D eigenvalue weighted by atomic mass is 9.96. The molecule has 3 nitrogen and oxygen atoms in total. The molecule has 28 heavy (non-hydrogen) atoms. The van der Waals surface area contributed by atoms with E-state index in [-0.39, 0.29) is 0 Å². The molecule has 3 aromatic rings. The van der Waals surface area contributed by atoms with Crippen LogP contribution in [0.2, 0.25) is 5.02 Å². The molecule has 0 amide bonds. The SMILES string of the molecule is CCC1c2c(c3cc(Cl)ccc3n2/C=C(\C)c2ccc(OC)cc2)CCN1C. The maximum atomic E-state index is 6.35. The Morgan fingerprint density at radius 3 is 2.64 bits per heavy atom.